The Hall–Kier alpha value is -3.59. The maximum Gasteiger partial charge on any atom is 0.227 e. The molecule has 0 amide bonds. The summed E-state index contributed by atoms with van der Waals surface area (Å²) in [5.41, 5.74) is 2.96. The van der Waals surface area contributed by atoms with Crippen LogP contribution in [0.1, 0.15) is 5.56 Å². The van der Waals surface area contributed by atoms with Crippen LogP contribution >= 0.6 is 0 Å². The third kappa shape index (κ3) is 3.67. The number of anilines is 2. The number of hydrogen-bond donors (Lipinski definition) is 1. The first-order valence-corrected chi connectivity index (χ1v) is 7.56. The predicted octanol–water partition coefficient (Wildman–Crippen LogP) is 3.78. The summed E-state index contributed by atoms with van der Waals surface area (Å²) in [5.74, 6) is 1.72. The maximum atomic E-state index is 9.03. The molecular weight excluding hydrogens is 316 g/mol. The summed E-state index contributed by atoms with van der Waals surface area (Å²) in [5, 5.41) is 12.2. The van der Waals surface area contributed by atoms with Gasteiger partial charge < -0.3 is 14.8 Å². The Kier molecular flexibility index (Phi) is 4.77. The van der Waals surface area contributed by atoms with Crippen molar-refractivity contribution in [3.05, 3.63) is 60.3 Å². The van der Waals surface area contributed by atoms with E-state index in [1.807, 2.05) is 24.3 Å². The predicted molar refractivity (Wildman–Crippen MR) is 95.0 cm³/mol. The summed E-state index contributed by atoms with van der Waals surface area (Å²) in [7, 11) is 3.17. The highest BCUT2D eigenvalue weighted by molar-refractivity contribution is 5.64. The van der Waals surface area contributed by atoms with Crippen LogP contribution in [0.15, 0.2) is 54.7 Å². The van der Waals surface area contributed by atoms with Gasteiger partial charge in [0.05, 0.1) is 31.5 Å². The fraction of sp³-hybridized carbons (Fsp3) is 0.105. The number of aromatic nitrogens is 2. The fourth-order valence-electron chi connectivity index (χ4n) is 2.37. The number of rotatable bonds is 5. The number of nitrogens with one attached hydrogen (secondary N) is 1. The smallest absolute Gasteiger partial charge is 0.227 e. The summed E-state index contributed by atoms with van der Waals surface area (Å²) in [4.78, 5) is 8.75. The molecule has 1 N–H and O–H groups in total. The van der Waals surface area contributed by atoms with E-state index in [4.69, 9.17) is 14.7 Å². The Morgan fingerprint density at radius 1 is 1.00 bits per heavy atom. The Morgan fingerprint density at radius 3 is 2.60 bits per heavy atom. The molecule has 124 valence electrons. The molecule has 0 saturated heterocycles. The highest BCUT2D eigenvalue weighted by Gasteiger charge is 2.07. The molecule has 0 unspecified atom stereocenters. The van der Waals surface area contributed by atoms with E-state index in [9.17, 15) is 0 Å². The van der Waals surface area contributed by atoms with Gasteiger partial charge in [-0.25, -0.2) is 9.97 Å². The fourth-order valence-corrected chi connectivity index (χ4v) is 2.37. The van der Waals surface area contributed by atoms with Crippen molar-refractivity contribution in [1.29, 1.82) is 5.26 Å². The van der Waals surface area contributed by atoms with Gasteiger partial charge in [-0.05, 0) is 30.3 Å². The van der Waals surface area contributed by atoms with E-state index in [1.54, 1.807) is 44.7 Å². The Labute approximate surface area is 145 Å². The Bertz CT molecular complexity index is 935. The standard InChI is InChI=1S/C19H16N4O2/c1-24-17-7-6-15(11-18(17)25-2)22-19-21-9-8-16(23-19)14-5-3-4-13(10-14)12-20/h3-11H,1-2H3,(H,21,22,23). The molecule has 0 spiro atoms. The lowest BCUT2D eigenvalue weighted by Crippen LogP contribution is -1.99. The number of nitrogens with zero attached hydrogens (tertiary/aromatic N) is 3. The van der Waals surface area contributed by atoms with E-state index in [1.165, 1.54) is 0 Å². The normalized spacial score (nSPS) is 9.96. The third-order valence-electron chi connectivity index (χ3n) is 3.58. The molecule has 0 aliphatic heterocycles. The first-order chi connectivity index (χ1) is 12.2. The zero-order valence-corrected chi connectivity index (χ0v) is 13.9. The second-order valence-electron chi connectivity index (χ2n) is 5.15. The van der Waals surface area contributed by atoms with Crippen molar-refractivity contribution in [2.45, 2.75) is 0 Å². The molecule has 0 atom stereocenters. The highest BCUT2D eigenvalue weighted by Crippen LogP contribution is 2.30. The maximum absolute atomic E-state index is 9.03. The summed E-state index contributed by atoms with van der Waals surface area (Å²) in [6.07, 6.45) is 1.67. The number of hydrogen-bond acceptors (Lipinski definition) is 6. The summed E-state index contributed by atoms with van der Waals surface area (Å²) >= 11 is 0. The molecule has 3 aromatic rings. The van der Waals surface area contributed by atoms with Crippen LogP contribution < -0.4 is 14.8 Å². The number of benzene rings is 2. The number of nitriles is 1. The molecule has 0 saturated carbocycles. The van der Waals surface area contributed by atoms with E-state index in [0.717, 1.165) is 16.9 Å². The quantitative estimate of drug-likeness (QED) is 0.766. The molecule has 6 heteroatoms. The van der Waals surface area contributed by atoms with Crippen LogP contribution in [0.5, 0.6) is 11.5 Å². The van der Waals surface area contributed by atoms with E-state index < -0.39 is 0 Å². The Morgan fingerprint density at radius 2 is 1.84 bits per heavy atom. The average Bonchev–Trinajstić information content (AvgIpc) is 2.68. The van der Waals surface area contributed by atoms with Crippen LogP contribution in [0.25, 0.3) is 11.3 Å². The van der Waals surface area contributed by atoms with Crippen LogP contribution in [0.3, 0.4) is 0 Å². The molecule has 0 radical (unpaired) electrons. The second-order valence-corrected chi connectivity index (χ2v) is 5.15. The van der Waals surface area contributed by atoms with Gasteiger partial charge in [0.25, 0.3) is 0 Å². The third-order valence-corrected chi connectivity index (χ3v) is 3.58. The number of methoxy groups -OCH3 is 2. The van der Waals surface area contributed by atoms with Gasteiger partial charge in [-0.1, -0.05) is 12.1 Å². The SMILES string of the molecule is COc1ccc(Nc2nccc(-c3cccc(C#N)c3)n2)cc1OC. The molecule has 1 aromatic heterocycles. The molecular formula is C19H16N4O2. The van der Waals surface area contributed by atoms with E-state index >= 15 is 0 Å². The Balaban J connectivity index is 1.88. The van der Waals surface area contributed by atoms with Crippen molar-refractivity contribution in [3.8, 4) is 28.8 Å². The van der Waals surface area contributed by atoms with Crippen molar-refractivity contribution in [1.82, 2.24) is 9.97 Å². The van der Waals surface area contributed by atoms with E-state index in [-0.39, 0.29) is 0 Å². The molecule has 0 bridgehead atoms. The van der Waals surface area contributed by atoms with E-state index in [2.05, 4.69) is 21.4 Å². The zero-order valence-electron chi connectivity index (χ0n) is 13.9. The van der Waals surface area contributed by atoms with Gasteiger partial charge in [0.2, 0.25) is 5.95 Å². The minimum absolute atomic E-state index is 0.451. The molecule has 3 rings (SSSR count). The average molecular weight is 332 g/mol. The van der Waals surface area contributed by atoms with Crippen LogP contribution in [0, 0.1) is 11.3 Å². The first kappa shape index (κ1) is 16.3. The van der Waals surface area contributed by atoms with Crippen molar-refractivity contribution in [2.24, 2.45) is 0 Å². The number of ether oxygens (including phenoxy) is 2. The molecule has 1 heterocycles. The van der Waals surface area contributed by atoms with Gasteiger partial charge in [0.15, 0.2) is 11.5 Å². The second kappa shape index (κ2) is 7.32. The molecule has 25 heavy (non-hydrogen) atoms. The molecule has 0 aliphatic carbocycles. The lowest BCUT2D eigenvalue weighted by Gasteiger charge is -2.11. The van der Waals surface area contributed by atoms with Gasteiger partial charge in [-0.15, -0.1) is 0 Å². The van der Waals surface area contributed by atoms with Crippen LogP contribution in [-0.2, 0) is 0 Å². The van der Waals surface area contributed by atoms with Gasteiger partial charge in [0.1, 0.15) is 0 Å². The van der Waals surface area contributed by atoms with Gasteiger partial charge in [0, 0.05) is 23.5 Å². The van der Waals surface area contributed by atoms with Gasteiger partial charge >= 0.3 is 0 Å². The van der Waals surface area contributed by atoms with Gasteiger partial charge in [-0.2, -0.15) is 5.26 Å². The zero-order chi connectivity index (χ0) is 17.6. The van der Waals surface area contributed by atoms with Crippen LogP contribution in [-0.4, -0.2) is 24.2 Å². The largest absolute Gasteiger partial charge is 0.493 e. The summed E-state index contributed by atoms with van der Waals surface area (Å²) < 4.78 is 10.5. The summed E-state index contributed by atoms with van der Waals surface area (Å²) in [6, 6.07) is 16.7. The van der Waals surface area contributed by atoms with Crippen LogP contribution in [0.4, 0.5) is 11.6 Å². The lowest BCUT2D eigenvalue weighted by atomic mass is 10.1. The minimum atomic E-state index is 0.451. The molecule has 0 fully saturated rings. The van der Waals surface area contributed by atoms with Crippen molar-refractivity contribution in [2.75, 3.05) is 19.5 Å². The van der Waals surface area contributed by atoms with Crippen molar-refractivity contribution in [3.63, 3.8) is 0 Å². The molecule has 6 nitrogen and oxygen atoms in total. The molecule has 0 aliphatic rings. The topological polar surface area (TPSA) is 80.1 Å². The lowest BCUT2D eigenvalue weighted by molar-refractivity contribution is 0.355. The molecule has 2 aromatic carbocycles. The van der Waals surface area contributed by atoms with Crippen molar-refractivity contribution < 1.29 is 9.47 Å². The van der Waals surface area contributed by atoms with Crippen LogP contribution in [0.2, 0.25) is 0 Å². The monoisotopic (exact) mass is 332 g/mol. The van der Waals surface area contributed by atoms with Crippen molar-refractivity contribution >= 4 is 11.6 Å². The first-order valence-electron chi connectivity index (χ1n) is 7.56. The van der Waals surface area contributed by atoms with E-state index in [0.29, 0.717) is 23.0 Å². The van der Waals surface area contributed by atoms with Gasteiger partial charge in [-0.3, -0.25) is 0 Å². The summed E-state index contributed by atoms with van der Waals surface area (Å²) in [6.45, 7) is 0. The highest BCUT2D eigenvalue weighted by atomic mass is 16.5. The minimum Gasteiger partial charge on any atom is -0.493 e.